The first-order chi connectivity index (χ1) is 20.0. The smallest absolute Gasteiger partial charge is 0.331 e. The van der Waals surface area contributed by atoms with E-state index in [9.17, 15) is 15.0 Å². The highest BCUT2D eigenvalue weighted by Crippen LogP contribution is 2.76. The maximum Gasteiger partial charge on any atom is 0.331 e. The molecule has 1 aromatic rings. The van der Waals surface area contributed by atoms with E-state index in [0.29, 0.717) is 17.8 Å². The number of aliphatic hydroxyl groups excluding tert-OH is 1. The van der Waals surface area contributed by atoms with Crippen LogP contribution < -0.4 is 0 Å². The Bertz CT molecular complexity index is 1320. The molecular weight excluding hydrogens is 532 g/mol. The lowest BCUT2D eigenvalue weighted by Gasteiger charge is -2.73. The molecule has 4 nitrogen and oxygen atoms in total. The lowest BCUT2D eigenvalue weighted by Crippen LogP contribution is -2.67. The summed E-state index contributed by atoms with van der Waals surface area (Å²) in [5.74, 6) is 1.56. The molecule has 43 heavy (non-hydrogen) atoms. The molecule has 6 rings (SSSR count). The van der Waals surface area contributed by atoms with Gasteiger partial charge in [0.2, 0.25) is 0 Å². The van der Waals surface area contributed by atoms with Gasteiger partial charge in [0.15, 0.2) is 0 Å². The highest BCUT2D eigenvalue weighted by atomic mass is 16.5. The number of esters is 1. The molecule has 0 radical (unpaired) electrons. The van der Waals surface area contributed by atoms with Gasteiger partial charge in [0.25, 0.3) is 0 Å². The monoisotopic (exact) mass is 588 g/mol. The van der Waals surface area contributed by atoms with E-state index >= 15 is 0 Å². The fraction of sp³-hybridized carbons (Fsp3) is 0.718. The largest absolute Gasteiger partial charge is 0.508 e. The van der Waals surface area contributed by atoms with Crippen LogP contribution in [0.4, 0.5) is 0 Å². The molecule has 4 heteroatoms. The van der Waals surface area contributed by atoms with E-state index in [1.807, 2.05) is 0 Å². The Morgan fingerprint density at radius 2 is 1.53 bits per heavy atom. The quantitative estimate of drug-likeness (QED) is 0.210. The van der Waals surface area contributed by atoms with Gasteiger partial charge in [0, 0.05) is 16.9 Å². The Morgan fingerprint density at radius 1 is 0.837 bits per heavy atom. The van der Waals surface area contributed by atoms with Gasteiger partial charge >= 0.3 is 5.97 Å². The minimum absolute atomic E-state index is 0.0779. The number of aromatic hydroxyl groups is 1. The summed E-state index contributed by atoms with van der Waals surface area (Å²) in [6, 6.07) is 6.84. The van der Waals surface area contributed by atoms with Crippen LogP contribution in [0.3, 0.4) is 0 Å². The predicted octanol–water partition coefficient (Wildman–Crippen LogP) is 9.11. The average Bonchev–Trinajstić information content (AvgIpc) is 2.92. The third kappa shape index (κ3) is 4.59. The number of allylic oxidation sites excluding steroid dienone is 1. The van der Waals surface area contributed by atoms with Gasteiger partial charge in [0.1, 0.15) is 11.9 Å². The van der Waals surface area contributed by atoms with Crippen LogP contribution in [0.2, 0.25) is 0 Å². The summed E-state index contributed by atoms with van der Waals surface area (Å²) in [4.78, 5) is 13.0. The van der Waals surface area contributed by atoms with Gasteiger partial charge in [-0.3, -0.25) is 0 Å². The molecule has 0 bridgehead atoms. The molecule has 4 fully saturated rings. The third-order valence-electron chi connectivity index (χ3n) is 14.6. The Labute approximate surface area is 260 Å². The summed E-state index contributed by atoms with van der Waals surface area (Å²) >= 11 is 0. The number of rotatable bonds is 3. The molecule has 0 spiro atoms. The highest BCUT2D eigenvalue weighted by molar-refractivity contribution is 5.87. The van der Waals surface area contributed by atoms with Crippen molar-refractivity contribution in [1.29, 1.82) is 0 Å². The van der Waals surface area contributed by atoms with Crippen molar-refractivity contribution in [3.63, 3.8) is 0 Å². The van der Waals surface area contributed by atoms with E-state index in [-0.39, 0.29) is 56.4 Å². The number of phenolic OH excluding ortho intramolecular Hbond substituents is 1. The average molecular weight is 589 g/mol. The second-order valence-corrected chi connectivity index (χ2v) is 17.6. The van der Waals surface area contributed by atoms with Gasteiger partial charge in [-0.25, -0.2) is 4.79 Å². The van der Waals surface area contributed by atoms with Crippen molar-refractivity contribution in [3.05, 3.63) is 47.6 Å². The normalized spacial score (nSPS) is 44.8. The Hall–Kier alpha value is -2.07. The minimum Gasteiger partial charge on any atom is -0.508 e. The SMILES string of the molecule is CC1(C)C=C2[C@H]3CC[C@@H]4[C@@]5(C)CC[C@H](OC(=O)C=Cc6ccc(O)cc6)C(C)(C)[C@@H]5CC[C@@]4(C)[C@]3(C)C[C@H](O)[C@@]2(C)CC1. The van der Waals surface area contributed by atoms with Crippen molar-refractivity contribution in [2.75, 3.05) is 0 Å². The van der Waals surface area contributed by atoms with Gasteiger partial charge in [-0.1, -0.05) is 79.2 Å². The fourth-order valence-electron chi connectivity index (χ4n) is 11.8. The van der Waals surface area contributed by atoms with Crippen molar-refractivity contribution in [2.45, 2.75) is 125 Å². The van der Waals surface area contributed by atoms with E-state index in [1.165, 1.54) is 25.3 Å². The molecule has 5 aliphatic rings. The standard InChI is InChI=1S/C39H56O4/c1-34(2)21-22-36(5)28(23-34)27-14-15-30-37(6)19-18-32(43-33(42)16-11-25-9-12-26(40)13-10-25)35(3,4)29(37)17-20-38(30,7)39(27,8)24-31(36)41/h9-13,16,23,27,29-32,40-41H,14-15,17-22,24H2,1-8H3/t27-,29+,30-,31+,32+,36+,37+,38-,39-/m1/s1. The van der Waals surface area contributed by atoms with Crippen LogP contribution in [0, 0.1) is 50.2 Å². The van der Waals surface area contributed by atoms with Crippen LogP contribution in [0.5, 0.6) is 5.75 Å². The zero-order valence-electron chi connectivity index (χ0n) is 28.0. The number of aliphatic hydroxyl groups is 1. The number of fused-ring (bicyclic) bond motifs is 7. The lowest BCUT2D eigenvalue weighted by atomic mass is 9.32. The summed E-state index contributed by atoms with van der Waals surface area (Å²) in [6.45, 7) is 19.5. The molecule has 0 amide bonds. The van der Waals surface area contributed by atoms with Crippen LogP contribution >= 0.6 is 0 Å². The van der Waals surface area contributed by atoms with E-state index in [0.717, 1.165) is 44.1 Å². The van der Waals surface area contributed by atoms with E-state index in [1.54, 1.807) is 35.9 Å². The summed E-state index contributed by atoms with van der Waals surface area (Å²) in [5.41, 5.74) is 2.87. The lowest BCUT2D eigenvalue weighted by molar-refractivity contribution is -0.240. The van der Waals surface area contributed by atoms with Gasteiger partial charge in [-0.15, -0.1) is 0 Å². The van der Waals surface area contributed by atoms with Crippen LogP contribution in [0.15, 0.2) is 42.0 Å². The summed E-state index contributed by atoms with van der Waals surface area (Å²) in [7, 11) is 0. The van der Waals surface area contributed by atoms with Gasteiger partial charge in [-0.05, 0) is 121 Å². The number of carbonyl (C=O) groups is 1. The number of hydrogen-bond acceptors (Lipinski definition) is 4. The number of ether oxygens (including phenoxy) is 1. The van der Waals surface area contributed by atoms with Crippen LogP contribution in [-0.2, 0) is 9.53 Å². The topological polar surface area (TPSA) is 66.8 Å². The molecule has 4 saturated carbocycles. The molecule has 236 valence electrons. The maximum absolute atomic E-state index is 13.0. The van der Waals surface area contributed by atoms with Crippen LogP contribution in [0.1, 0.15) is 119 Å². The summed E-state index contributed by atoms with van der Waals surface area (Å²) in [5, 5.41) is 21.4. The summed E-state index contributed by atoms with van der Waals surface area (Å²) < 4.78 is 6.20. The van der Waals surface area contributed by atoms with E-state index in [2.05, 4.69) is 61.5 Å². The Balaban J connectivity index is 1.25. The van der Waals surface area contributed by atoms with Crippen molar-refractivity contribution >= 4 is 12.0 Å². The molecule has 0 saturated heterocycles. The molecular formula is C39H56O4. The van der Waals surface area contributed by atoms with Gasteiger partial charge in [-0.2, -0.15) is 0 Å². The first kappa shape index (κ1) is 30.9. The highest BCUT2D eigenvalue weighted by Gasteiger charge is 2.70. The molecule has 2 N–H and O–H groups in total. The van der Waals surface area contributed by atoms with E-state index in [4.69, 9.17) is 4.74 Å². The Kier molecular flexibility index (Phi) is 7.17. The molecule has 5 aliphatic carbocycles. The molecule has 0 aromatic heterocycles. The Morgan fingerprint density at radius 3 is 2.23 bits per heavy atom. The van der Waals surface area contributed by atoms with Crippen molar-refractivity contribution < 1.29 is 19.7 Å². The van der Waals surface area contributed by atoms with Crippen molar-refractivity contribution in [3.8, 4) is 5.75 Å². The van der Waals surface area contributed by atoms with Crippen molar-refractivity contribution in [1.82, 2.24) is 0 Å². The number of phenols is 1. The third-order valence-corrected chi connectivity index (χ3v) is 14.6. The first-order valence-electron chi connectivity index (χ1n) is 17.1. The zero-order chi connectivity index (χ0) is 31.2. The molecule has 0 heterocycles. The summed E-state index contributed by atoms with van der Waals surface area (Å²) in [6.07, 6.45) is 15.4. The fourth-order valence-corrected chi connectivity index (χ4v) is 11.8. The number of benzene rings is 1. The first-order valence-corrected chi connectivity index (χ1v) is 17.1. The minimum atomic E-state index is -0.286. The number of hydrogen-bond donors (Lipinski definition) is 2. The van der Waals surface area contributed by atoms with E-state index < -0.39 is 0 Å². The molecule has 0 aliphatic heterocycles. The molecule has 0 unspecified atom stereocenters. The zero-order valence-corrected chi connectivity index (χ0v) is 28.0. The molecule has 9 atom stereocenters. The second-order valence-electron chi connectivity index (χ2n) is 17.6. The van der Waals surface area contributed by atoms with Crippen LogP contribution in [0.25, 0.3) is 6.08 Å². The van der Waals surface area contributed by atoms with Crippen LogP contribution in [-0.4, -0.2) is 28.4 Å². The maximum atomic E-state index is 13.0. The number of carbonyl (C=O) groups excluding carboxylic acids is 1. The van der Waals surface area contributed by atoms with Crippen molar-refractivity contribution in [2.24, 2.45) is 50.2 Å². The second kappa shape index (κ2) is 9.96. The van der Waals surface area contributed by atoms with Gasteiger partial charge < -0.3 is 14.9 Å². The molecule has 1 aromatic carbocycles. The van der Waals surface area contributed by atoms with Gasteiger partial charge in [0.05, 0.1) is 6.10 Å². The predicted molar refractivity (Wildman–Crippen MR) is 173 cm³/mol.